The molecule has 0 bridgehead atoms. The van der Waals surface area contributed by atoms with Gasteiger partial charge in [0.1, 0.15) is 17.7 Å². The van der Waals surface area contributed by atoms with Gasteiger partial charge in [-0.3, -0.25) is 9.80 Å². The van der Waals surface area contributed by atoms with Gasteiger partial charge in [0, 0.05) is 38.5 Å². The molecule has 1 aliphatic heterocycles. The van der Waals surface area contributed by atoms with Crippen LogP contribution in [0.5, 0.6) is 0 Å². The van der Waals surface area contributed by atoms with Crippen LogP contribution in [0.25, 0.3) is 0 Å². The fourth-order valence-electron chi connectivity index (χ4n) is 3.64. The SMILES string of the molecule is CN1CCN(Cc2nnc(C3CC3)n2C)CC1c1nc(C2CC2)no1. The van der Waals surface area contributed by atoms with Crippen LogP contribution in [0, 0.1) is 0 Å². The molecular formula is C17H25N7O. The van der Waals surface area contributed by atoms with Crippen LogP contribution >= 0.6 is 0 Å². The van der Waals surface area contributed by atoms with Crippen molar-refractivity contribution >= 4 is 0 Å². The standard InChI is InChI=1S/C17H25N7O/c1-22-7-8-24(10-14-19-20-16(23(14)2)12-5-6-12)9-13(22)17-18-15(21-25-17)11-3-4-11/h11-13H,3-10H2,1-2H3. The van der Waals surface area contributed by atoms with Crippen molar-refractivity contribution in [3.05, 3.63) is 23.4 Å². The van der Waals surface area contributed by atoms with Crippen molar-refractivity contribution in [2.45, 2.75) is 50.1 Å². The van der Waals surface area contributed by atoms with Crippen LogP contribution in [-0.4, -0.2) is 61.4 Å². The summed E-state index contributed by atoms with van der Waals surface area (Å²) in [5, 5.41) is 13.0. The van der Waals surface area contributed by atoms with E-state index in [9.17, 15) is 0 Å². The van der Waals surface area contributed by atoms with Crippen molar-refractivity contribution in [1.29, 1.82) is 0 Å². The van der Waals surface area contributed by atoms with Crippen LogP contribution in [0.2, 0.25) is 0 Å². The lowest BCUT2D eigenvalue weighted by molar-refractivity contribution is 0.0693. The Bertz CT molecular complexity index is 761. The first-order chi connectivity index (χ1) is 12.2. The number of hydrogen-bond donors (Lipinski definition) is 0. The van der Waals surface area contributed by atoms with Crippen molar-refractivity contribution in [2.75, 3.05) is 26.7 Å². The highest BCUT2D eigenvalue weighted by Gasteiger charge is 2.34. The summed E-state index contributed by atoms with van der Waals surface area (Å²) in [4.78, 5) is 9.40. The molecule has 3 fully saturated rings. The van der Waals surface area contributed by atoms with Crippen molar-refractivity contribution in [3.8, 4) is 0 Å². The number of rotatable bonds is 5. The van der Waals surface area contributed by atoms with Crippen molar-refractivity contribution in [3.63, 3.8) is 0 Å². The molecule has 0 N–H and O–H groups in total. The van der Waals surface area contributed by atoms with Crippen molar-refractivity contribution < 1.29 is 4.52 Å². The van der Waals surface area contributed by atoms with E-state index in [0.717, 1.165) is 49.5 Å². The second kappa shape index (κ2) is 5.88. The molecule has 0 aromatic carbocycles. The predicted molar refractivity (Wildman–Crippen MR) is 89.9 cm³/mol. The number of nitrogens with zero attached hydrogens (tertiary/aromatic N) is 7. The Morgan fingerprint density at radius 2 is 1.84 bits per heavy atom. The van der Waals surface area contributed by atoms with E-state index in [1.54, 1.807) is 0 Å². The fraction of sp³-hybridized carbons (Fsp3) is 0.765. The maximum atomic E-state index is 5.58. The Hall–Kier alpha value is -1.80. The molecule has 1 saturated heterocycles. The number of aromatic nitrogens is 5. The van der Waals surface area contributed by atoms with Gasteiger partial charge in [0.15, 0.2) is 5.82 Å². The maximum Gasteiger partial charge on any atom is 0.245 e. The molecule has 2 aromatic rings. The first kappa shape index (κ1) is 15.5. The van der Waals surface area contributed by atoms with E-state index in [4.69, 9.17) is 4.52 Å². The van der Waals surface area contributed by atoms with Gasteiger partial charge in [0.2, 0.25) is 5.89 Å². The predicted octanol–water partition coefficient (Wildman–Crippen LogP) is 1.44. The van der Waals surface area contributed by atoms with Gasteiger partial charge in [-0.05, 0) is 32.7 Å². The zero-order valence-electron chi connectivity index (χ0n) is 14.9. The highest BCUT2D eigenvalue weighted by atomic mass is 16.5. The molecule has 0 amide bonds. The van der Waals surface area contributed by atoms with Gasteiger partial charge in [-0.25, -0.2) is 0 Å². The zero-order chi connectivity index (χ0) is 17.0. The van der Waals surface area contributed by atoms with Gasteiger partial charge >= 0.3 is 0 Å². The van der Waals surface area contributed by atoms with Crippen LogP contribution in [0.3, 0.4) is 0 Å². The smallest absolute Gasteiger partial charge is 0.245 e. The van der Waals surface area contributed by atoms with Gasteiger partial charge in [-0.2, -0.15) is 4.98 Å². The second-order valence-electron chi connectivity index (χ2n) is 7.80. The molecule has 25 heavy (non-hydrogen) atoms. The summed E-state index contributed by atoms with van der Waals surface area (Å²) < 4.78 is 7.76. The first-order valence-electron chi connectivity index (χ1n) is 9.33. The molecular weight excluding hydrogens is 318 g/mol. The third-order valence-electron chi connectivity index (χ3n) is 5.72. The maximum absolute atomic E-state index is 5.58. The van der Waals surface area contributed by atoms with E-state index in [2.05, 4.69) is 48.8 Å². The molecule has 3 heterocycles. The molecule has 8 heteroatoms. The minimum Gasteiger partial charge on any atom is -0.338 e. The van der Waals surface area contributed by atoms with Gasteiger partial charge in [-0.1, -0.05) is 5.16 Å². The lowest BCUT2D eigenvalue weighted by atomic mass is 10.1. The van der Waals surface area contributed by atoms with E-state index in [0.29, 0.717) is 11.8 Å². The van der Waals surface area contributed by atoms with Crippen LogP contribution in [0.1, 0.15) is 66.9 Å². The Morgan fingerprint density at radius 1 is 1.04 bits per heavy atom. The summed E-state index contributed by atoms with van der Waals surface area (Å²) >= 11 is 0. The first-order valence-corrected chi connectivity index (χ1v) is 9.33. The molecule has 0 spiro atoms. The molecule has 2 aromatic heterocycles. The Kier molecular flexibility index (Phi) is 3.63. The molecule has 1 atom stereocenters. The quantitative estimate of drug-likeness (QED) is 0.813. The van der Waals surface area contributed by atoms with Crippen LogP contribution < -0.4 is 0 Å². The third-order valence-corrected chi connectivity index (χ3v) is 5.72. The lowest BCUT2D eigenvalue weighted by Crippen LogP contribution is -2.46. The van der Waals surface area contributed by atoms with E-state index < -0.39 is 0 Å². The van der Waals surface area contributed by atoms with E-state index in [-0.39, 0.29) is 6.04 Å². The molecule has 2 saturated carbocycles. The monoisotopic (exact) mass is 343 g/mol. The molecule has 5 rings (SSSR count). The van der Waals surface area contributed by atoms with Crippen LogP contribution in [-0.2, 0) is 13.6 Å². The minimum atomic E-state index is 0.157. The number of hydrogen-bond acceptors (Lipinski definition) is 7. The summed E-state index contributed by atoms with van der Waals surface area (Å²) in [5.41, 5.74) is 0. The average molecular weight is 343 g/mol. The summed E-state index contributed by atoms with van der Waals surface area (Å²) in [6.07, 6.45) is 4.90. The molecule has 2 aliphatic carbocycles. The van der Waals surface area contributed by atoms with Crippen molar-refractivity contribution in [2.24, 2.45) is 7.05 Å². The summed E-state index contributed by atoms with van der Waals surface area (Å²) in [5.74, 6) is 5.00. The van der Waals surface area contributed by atoms with Crippen LogP contribution in [0.15, 0.2) is 4.52 Å². The molecule has 1 unspecified atom stereocenters. The van der Waals surface area contributed by atoms with Gasteiger partial charge in [0.25, 0.3) is 0 Å². The summed E-state index contributed by atoms with van der Waals surface area (Å²) in [7, 11) is 4.23. The highest BCUT2D eigenvalue weighted by molar-refractivity contribution is 5.09. The summed E-state index contributed by atoms with van der Waals surface area (Å²) in [6.45, 7) is 3.71. The summed E-state index contributed by atoms with van der Waals surface area (Å²) in [6, 6.07) is 0.157. The van der Waals surface area contributed by atoms with Gasteiger partial charge < -0.3 is 9.09 Å². The topological polar surface area (TPSA) is 76.1 Å². The number of piperazine rings is 1. The average Bonchev–Trinajstić information content (AvgIpc) is 3.54. The highest BCUT2D eigenvalue weighted by Crippen LogP contribution is 2.39. The molecule has 3 aliphatic rings. The van der Waals surface area contributed by atoms with Gasteiger partial charge in [-0.15, -0.1) is 10.2 Å². The molecule has 134 valence electrons. The van der Waals surface area contributed by atoms with E-state index in [1.807, 2.05) is 0 Å². The van der Waals surface area contributed by atoms with Gasteiger partial charge in [0.05, 0.1) is 6.54 Å². The zero-order valence-corrected chi connectivity index (χ0v) is 14.9. The lowest BCUT2D eigenvalue weighted by Gasteiger charge is -2.37. The Labute approximate surface area is 147 Å². The van der Waals surface area contributed by atoms with Crippen LogP contribution in [0.4, 0.5) is 0 Å². The largest absolute Gasteiger partial charge is 0.338 e. The fourth-order valence-corrected chi connectivity index (χ4v) is 3.64. The van der Waals surface area contributed by atoms with Crippen molar-refractivity contribution in [1.82, 2.24) is 34.7 Å². The molecule has 0 radical (unpaired) electrons. The third kappa shape index (κ3) is 2.97. The normalized spacial score (nSPS) is 25.6. The number of likely N-dealkylation sites (N-methyl/N-ethyl adjacent to an activating group) is 1. The van der Waals surface area contributed by atoms with E-state index >= 15 is 0 Å². The minimum absolute atomic E-state index is 0.157. The Morgan fingerprint density at radius 3 is 2.60 bits per heavy atom. The Balaban J connectivity index is 1.29. The van der Waals surface area contributed by atoms with E-state index in [1.165, 1.54) is 25.7 Å². The molecule has 8 nitrogen and oxygen atoms in total. The second-order valence-corrected chi connectivity index (χ2v) is 7.80.